The lowest BCUT2D eigenvalue weighted by molar-refractivity contribution is -0.137. The molecule has 1 fully saturated rings. The molecule has 118 valence electrons. The predicted octanol–water partition coefficient (Wildman–Crippen LogP) is 1.82. The minimum absolute atomic E-state index is 0.0884. The van der Waals surface area contributed by atoms with Gasteiger partial charge in [0.1, 0.15) is 0 Å². The number of hydrogen-bond donors (Lipinski definition) is 1. The zero-order valence-electron chi connectivity index (χ0n) is 12.4. The molecular weight excluding hydrogens is 279 g/mol. The minimum Gasteiger partial charge on any atom is -0.326 e. The molecule has 3 nitrogen and oxygen atoms in total. The molecule has 2 N–H and O–H groups in total. The Hall–Kier alpha value is -1.11. The van der Waals surface area contributed by atoms with Crippen LogP contribution in [0.5, 0.6) is 0 Å². The molecule has 1 aromatic rings. The van der Waals surface area contributed by atoms with Crippen molar-refractivity contribution in [1.29, 1.82) is 0 Å². The van der Waals surface area contributed by atoms with Crippen LogP contribution in [0.1, 0.15) is 11.1 Å². The molecule has 1 heterocycles. The van der Waals surface area contributed by atoms with Gasteiger partial charge < -0.3 is 10.6 Å². The molecule has 0 bridgehead atoms. The highest BCUT2D eigenvalue weighted by molar-refractivity contribution is 5.25. The third kappa shape index (κ3) is 4.18. The van der Waals surface area contributed by atoms with Crippen LogP contribution in [-0.4, -0.2) is 55.6 Å². The number of halogens is 3. The number of rotatable bonds is 3. The largest absolute Gasteiger partial charge is 0.416 e. The van der Waals surface area contributed by atoms with Crippen LogP contribution in [0.25, 0.3) is 0 Å². The van der Waals surface area contributed by atoms with Crippen molar-refractivity contribution in [3.8, 4) is 0 Å². The van der Waals surface area contributed by atoms with Gasteiger partial charge in [0.2, 0.25) is 0 Å². The van der Waals surface area contributed by atoms with Crippen molar-refractivity contribution >= 4 is 0 Å². The molecule has 2 atom stereocenters. The first-order chi connectivity index (χ1) is 9.77. The monoisotopic (exact) mass is 301 g/mol. The second-order valence-electron chi connectivity index (χ2n) is 5.87. The Bertz CT molecular complexity index is 458. The summed E-state index contributed by atoms with van der Waals surface area (Å²) in [6.07, 6.45) is -3.70. The van der Waals surface area contributed by atoms with Gasteiger partial charge in [-0.2, -0.15) is 13.2 Å². The van der Waals surface area contributed by atoms with Crippen LogP contribution in [0.4, 0.5) is 13.2 Å². The quantitative estimate of drug-likeness (QED) is 0.924. The Morgan fingerprint density at radius 1 is 1.19 bits per heavy atom. The van der Waals surface area contributed by atoms with E-state index >= 15 is 0 Å². The van der Waals surface area contributed by atoms with Gasteiger partial charge in [0.15, 0.2) is 0 Å². The van der Waals surface area contributed by atoms with Gasteiger partial charge in [0, 0.05) is 31.7 Å². The Balaban J connectivity index is 2.00. The highest BCUT2D eigenvalue weighted by atomic mass is 19.4. The summed E-state index contributed by atoms with van der Waals surface area (Å²) in [6, 6.07) is 5.43. The average Bonchev–Trinajstić information content (AvgIpc) is 2.41. The molecule has 2 rings (SSSR count). The van der Waals surface area contributed by atoms with Crippen molar-refractivity contribution < 1.29 is 13.2 Å². The van der Waals surface area contributed by atoms with Gasteiger partial charge in [-0.3, -0.25) is 4.90 Å². The summed E-state index contributed by atoms with van der Waals surface area (Å²) < 4.78 is 37.6. The summed E-state index contributed by atoms with van der Waals surface area (Å²) in [5.41, 5.74) is 6.49. The molecule has 0 radical (unpaired) electrons. The number of nitrogens with two attached hydrogens (primary N) is 1. The number of hydrogen-bond acceptors (Lipinski definition) is 3. The third-order valence-corrected chi connectivity index (χ3v) is 4.15. The van der Waals surface area contributed by atoms with Gasteiger partial charge in [-0.05, 0) is 38.2 Å². The van der Waals surface area contributed by atoms with Gasteiger partial charge in [0.25, 0.3) is 0 Å². The van der Waals surface area contributed by atoms with E-state index in [-0.39, 0.29) is 12.1 Å². The van der Waals surface area contributed by atoms with E-state index in [1.807, 2.05) is 7.05 Å². The van der Waals surface area contributed by atoms with E-state index in [1.54, 1.807) is 0 Å². The molecule has 1 saturated heterocycles. The van der Waals surface area contributed by atoms with Crippen molar-refractivity contribution in [2.45, 2.75) is 24.7 Å². The number of alkyl halides is 3. The summed E-state index contributed by atoms with van der Waals surface area (Å²) in [6.45, 7) is 2.86. The molecule has 21 heavy (non-hydrogen) atoms. The second kappa shape index (κ2) is 6.34. The Labute approximate surface area is 123 Å². The van der Waals surface area contributed by atoms with E-state index < -0.39 is 11.7 Å². The fourth-order valence-electron chi connectivity index (χ4n) is 2.74. The first-order valence-electron chi connectivity index (χ1n) is 7.08. The van der Waals surface area contributed by atoms with Crippen LogP contribution < -0.4 is 5.73 Å². The van der Waals surface area contributed by atoms with Crippen LogP contribution in [0.2, 0.25) is 0 Å². The molecule has 0 aromatic heterocycles. The van der Waals surface area contributed by atoms with Crippen LogP contribution in [-0.2, 0) is 12.6 Å². The molecule has 6 heteroatoms. The van der Waals surface area contributed by atoms with E-state index in [4.69, 9.17) is 5.73 Å². The molecule has 1 aromatic carbocycles. The molecule has 1 aliphatic rings. The fraction of sp³-hybridized carbons (Fsp3) is 0.600. The summed E-state index contributed by atoms with van der Waals surface area (Å²) in [7, 11) is 4.11. The maximum absolute atomic E-state index is 12.5. The zero-order valence-corrected chi connectivity index (χ0v) is 12.4. The fourth-order valence-corrected chi connectivity index (χ4v) is 2.74. The number of nitrogens with zero attached hydrogens (tertiary/aromatic N) is 2. The molecule has 0 spiro atoms. The topological polar surface area (TPSA) is 32.5 Å². The van der Waals surface area contributed by atoms with Crippen molar-refractivity contribution in [2.75, 3.05) is 33.7 Å². The van der Waals surface area contributed by atoms with E-state index in [2.05, 4.69) is 16.8 Å². The average molecular weight is 301 g/mol. The Kier molecular flexibility index (Phi) is 4.91. The van der Waals surface area contributed by atoms with E-state index in [9.17, 15) is 13.2 Å². The van der Waals surface area contributed by atoms with E-state index in [0.29, 0.717) is 6.42 Å². The minimum atomic E-state index is -4.28. The van der Waals surface area contributed by atoms with Gasteiger partial charge in [0.05, 0.1) is 5.56 Å². The number of benzene rings is 1. The molecule has 1 aliphatic heterocycles. The van der Waals surface area contributed by atoms with Crippen molar-refractivity contribution in [1.82, 2.24) is 9.80 Å². The van der Waals surface area contributed by atoms with Crippen LogP contribution in [0, 0.1) is 0 Å². The van der Waals surface area contributed by atoms with Gasteiger partial charge in [-0.15, -0.1) is 0 Å². The Morgan fingerprint density at radius 3 is 2.38 bits per heavy atom. The normalized spacial score (nSPS) is 23.2. The van der Waals surface area contributed by atoms with Crippen molar-refractivity contribution in [2.24, 2.45) is 5.73 Å². The molecule has 0 amide bonds. The van der Waals surface area contributed by atoms with Crippen molar-refractivity contribution in [3.63, 3.8) is 0 Å². The lowest BCUT2D eigenvalue weighted by Crippen LogP contribution is -2.58. The smallest absolute Gasteiger partial charge is 0.326 e. The third-order valence-electron chi connectivity index (χ3n) is 4.15. The predicted molar refractivity (Wildman–Crippen MR) is 77.0 cm³/mol. The number of likely N-dealkylation sites (N-methyl/N-ethyl adjacent to an activating group) is 2. The standard InChI is InChI=1S/C15H22F3N3/c1-20-7-8-21(2)14(10-20)13(19)9-11-3-5-12(6-4-11)15(16,17)18/h3-6,13-14H,7-10,19H2,1-2H3. The molecule has 0 aliphatic carbocycles. The van der Waals surface area contributed by atoms with Gasteiger partial charge in [-0.1, -0.05) is 12.1 Å². The molecule has 0 saturated carbocycles. The molecular formula is C15H22F3N3. The van der Waals surface area contributed by atoms with Crippen molar-refractivity contribution in [3.05, 3.63) is 35.4 Å². The highest BCUT2D eigenvalue weighted by Crippen LogP contribution is 2.29. The second-order valence-corrected chi connectivity index (χ2v) is 5.87. The highest BCUT2D eigenvalue weighted by Gasteiger charge is 2.30. The lowest BCUT2D eigenvalue weighted by Gasteiger charge is -2.40. The van der Waals surface area contributed by atoms with Crippen LogP contribution >= 0.6 is 0 Å². The first-order valence-corrected chi connectivity index (χ1v) is 7.08. The maximum Gasteiger partial charge on any atom is 0.416 e. The van der Waals surface area contributed by atoms with Crippen LogP contribution in [0.15, 0.2) is 24.3 Å². The summed E-state index contributed by atoms with van der Waals surface area (Å²) in [5, 5.41) is 0. The first kappa shape index (κ1) is 16.3. The van der Waals surface area contributed by atoms with E-state index in [0.717, 1.165) is 37.3 Å². The summed E-state index contributed by atoms with van der Waals surface area (Å²) in [4.78, 5) is 4.46. The summed E-state index contributed by atoms with van der Waals surface area (Å²) in [5.74, 6) is 0. The zero-order chi connectivity index (χ0) is 15.6. The SMILES string of the molecule is CN1CCN(C)C(C(N)Cc2ccc(C(F)(F)F)cc2)C1. The Morgan fingerprint density at radius 2 is 1.81 bits per heavy atom. The van der Waals surface area contributed by atoms with Gasteiger partial charge >= 0.3 is 6.18 Å². The van der Waals surface area contributed by atoms with Crippen LogP contribution in [0.3, 0.4) is 0 Å². The van der Waals surface area contributed by atoms with Gasteiger partial charge in [-0.25, -0.2) is 0 Å². The lowest BCUT2D eigenvalue weighted by atomic mass is 9.97. The van der Waals surface area contributed by atoms with E-state index in [1.165, 1.54) is 12.1 Å². The summed E-state index contributed by atoms with van der Waals surface area (Å²) >= 11 is 0. The number of piperazine rings is 1. The maximum atomic E-state index is 12.5. The molecule has 2 unspecified atom stereocenters.